The number of hydrogen-bond acceptors (Lipinski definition) is 4. The van der Waals surface area contributed by atoms with Gasteiger partial charge in [0.05, 0.1) is 25.0 Å². The van der Waals surface area contributed by atoms with Crippen LogP contribution in [0, 0.1) is 0 Å². The van der Waals surface area contributed by atoms with Crippen LogP contribution in [0.3, 0.4) is 0 Å². The Balaban J connectivity index is 2.50. The lowest BCUT2D eigenvalue weighted by Gasteiger charge is -2.17. The fourth-order valence-corrected chi connectivity index (χ4v) is 2.63. The highest BCUT2D eigenvalue weighted by Crippen LogP contribution is 2.38. The van der Waals surface area contributed by atoms with Gasteiger partial charge >= 0.3 is 0 Å². The molecule has 108 valence electrons. The fraction of sp³-hybridized carbons (Fsp3) is 0.333. The number of aryl methyl sites for hydroxylation is 1. The highest BCUT2D eigenvalue weighted by atomic mass is 79.9. The molecule has 1 unspecified atom stereocenters. The third kappa shape index (κ3) is 2.69. The van der Waals surface area contributed by atoms with Gasteiger partial charge in [-0.3, -0.25) is 0 Å². The number of halogens is 1. The first kappa shape index (κ1) is 14.9. The van der Waals surface area contributed by atoms with Gasteiger partial charge in [0.15, 0.2) is 0 Å². The van der Waals surface area contributed by atoms with Crippen molar-refractivity contribution in [2.24, 2.45) is 0 Å². The van der Waals surface area contributed by atoms with Gasteiger partial charge in [-0.15, -0.1) is 0 Å². The highest BCUT2D eigenvalue weighted by molar-refractivity contribution is 9.10. The van der Waals surface area contributed by atoms with Crippen LogP contribution in [0.5, 0.6) is 11.5 Å². The molecule has 0 radical (unpaired) electrons. The highest BCUT2D eigenvalue weighted by Gasteiger charge is 2.22. The van der Waals surface area contributed by atoms with E-state index in [1.165, 1.54) is 0 Å². The first-order valence-corrected chi connectivity index (χ1v) is 7.07. The summed E-state index contributed by atoms with van der Waals surface area (Å²) in [5, 5.41) is 10.6. The van der Waals surface area contributed by atoms with Crippen LogP contribution in [0.15, 0.2) is 33.4 Å². The smallest absolute Gasteiger partial charge is 0.133 e. The number of aliphatic hydroxyl groups is 1. The first-order chi connectivity index (χ1) is 9.62. The van der Waals surface area contributed by atoms with Crippen molar-refractivity contribution in [1.82, 2.24) is 0 Å². The van der Waals surface area contributed by atoms with E-state index >= 15 is 0 Å². The lowest BCUT2D eigenvalue weighted by Crippen LogP contribution is -2.04. The molecule has 0 aliphatic heterocycles. The van der Waals surface area contributed by atoms with Crippen molar-refractivity contribution in [2.45, 2.75) is 19.4 Å². The van der Waals surface area contributed by atoms with Gasteiger partial charge in [0.2, 0.25) is 0 Å². The molecule has 1 N–H and O–H groups in total. The molecular weight excluding hydrogens is 324 g/mol. The minimum absolute atomic E-state index is 0.591. The van der Waals surface area contributed by atoms with E-state index in [-0.39, 0.29) is 0 Å². The summed E-state index contributed by atoms with van der Waals surface area (Å²) in [6, 6.07) is 5.32. The van der Waals surface area contributed by atoms with E-state index in [1.54, 1.807) is 38.7 Å². The molecule has 0 amide bonds. The third-order valence-electron chi connectivity index (χ3n) is 3.19. The summed E-state index contributed by atoms with van der Waals surface area (Å²) in [6.45, 7) is 1.98. The Bertz CT molecular complexity index is 592. The zero-order valence-corrected chi connectivity index (χ0v) is 13.2. The second kappa shape index (κ2) is 6.33. The minimum Gasteiger partial charge on any atom is -0.496 e. The van der Waals surface area contributed by atoms with E-state index in [0.717, 1.165) is 22.2 Å². The molecule has 20 heavy (non-hydrogen) atoms. The molecule has 0 saturated carbocycles. The van der Waals surface area contributed by atoms with Gasteiger partial charge in [-0.2, -0.15) is 0 Å². The number of hydrogen-bond donors (Lipinski definition) is 1. The standard InChI is InChI=1S/C15H17BrO4/c1-4-12-9(5-6-20-12)15(17)10-7-14(19-3)11(16)8-13(10)18-2/h5-8,15,17H,4H2,1-3H3. The zero-order chi connectivity index (χ0) is 14.7. The van der Waals surface area contributed by atoms with Gasteiger partial charge in [0.1, 0.15) is 23.4 Å². The summed E-state index contributed by atoms with van der Waals surface area (Å²) < 4.78 is 16.8. The molecule has 1 aromatic heterocycles. The molecule has 0 aliphatic carbocycles. The number of aliphatic hydroxyl groups excluding tert-OH is 1. The SMILES string of the molecule is CCc1occc1C(O)c1cc(OC)c(Br)cc1OC. The first-order valence-electron chi connectivity index (χ1n) is 6.28. The molecule has 0 saturated heterocycles. The molecule has 5 heteroatoms. The van der Waals surface area contributed by atoms with Gasteiger partial charge < -0.3 is 19.0 Å². The molecule has 4 nitrogen and oxygen atoms in total. The van der Waals surface area contributed by atoms with E-state index in [9.17, 15) is 5.11 Å². The van der Waals surface area contributed by atoms with Gasteiger partial charge in [-0.05, 0) is 34.1 Å². The summed E-state index contributed by atoms with van der Waals surface area (Å²) in [4.78, 5) is 0. The summed E-state index contributed by atoms with van der Waals surface area (Å²) in [7, 11) is 3.15. The topological polar surface area (TPSA) is 51.8 Å². The lowest BCUT2D eigenvalue weighted by atomic mass is 10.00. The van der Waals surface area contributed by atoms with Crippen LogP contribution in [0.25, 0.3) is 0 Å². The molecule has 0 bridgehead atoms. The summed E-state index contributed by atoms with van der Waals surface area (Å²) in [6.07, 6.45) is 1.48. The Hall–Kier alpha value is -1.46. The molecule has 0 spiro atoms. The van der Waals surface area contributed by atoms with Crippen molar-refractivity contribution in [2.75, 3.05) is 14.2 Å². The van der Waals surface area contributed by atoms with Crippen LogP contribution < -0.4 is 9.47 Å². The molecule has 0 aliphatic rings. The Morgan fingerprint density at radius 1 is 1.20 bits per heavy atom. The van der Waals surface area contributed by atoms with Crippen LogP contribution >= 0.6 is 15.9 Å². The number of ether oxygens (including phenoxy) is 2. The van der Waals surface area contributed by atoms with E-state index in [1.807, 2.05) is 6.92 Å². The van der Waals surface area contributed by atoms with Crippen molar-refractivity contribution in [1.29, 1.82) is 0 Å². The van der Waals surface area contributed by atoms with Gasteiger partial charge in [-0.1, -0.05) is 6.92 Å². The summed E-state index contributed by atoms with van der Waals surface area (Å²) in [5.41, 5.74) is 1.39. The largest absolute Gasteiger partial charge is 0.496 e. The van der Waals surface area contributed by atoms with Gasteiger partial charge in [-0.25, -0.2) is 0 Å². The Kier molecular flexibility index (Phi) is 4.73. The average molecular weight is 341 g/mol. The molecule has 0 fully saturated rings. The third-order valence-corrected chi connectivity index (χ3v) is 3.81. The lowest BCUT2D eigenvalue weighted by molar-refractivity contribution is 0.211. The normalized spacial score (nSPS) is 12.2. The van der Waals surface area contributed by atoms with Crippen LogP contribution in [0.1, 0.15) is 29.9 Å². The van der Waals surface area contributed by atoms with Crippen molar-refractivity contribution < 1.29 is 19.0 Å². The van der Waals surface area contributed by atoms with Crippen molar-refractivity contribution >= 4 is 15.9 Å². The van der Waals surface area contributed by atoms with Crippen LogP contribution in [-0.2, 0) is 6.42 Å². The Morgan fingerprint density at radius 3 is 2.50 bits per heavy atom. The molecule has 1 heterocycles. The van der Waals surface area contributed by atoms with E-state index in [2.05, 4.69) is 15.9 Å². The van der Waals surface area contributed by atoms with E-state index in [4.69, 9.17) is 13.9 Å². The van der Waals surface area contributed by atoms with Gasteiger partial charge in [0.25, 0.3) is 0 Å². The molecule has 2 rings (SSSR count). The van der Waals surface area contributed by atoms with Crippen molar-refractivity contribution in [3.8, 4) is 11.5 Å². The monoisotopic (exact) mass is 340 g/mol. The zero-order valence-electron chi connectivity index (χ0n) is 11.6. The quantitative estimate of drug-likeness (QED) is 0.901. The predicted molar refractivity (Wildman–Crippen MR) is 79.4 cm³/mol. The fourth-order valence-electron chi connectivity index (χ4n) is 2.15. The van der Waals surface area contributed by atoms with E-state index < -0.39 is 6.10 Å². The molecule has 2 aromatic rings. The maximum atomic E-state index is 10.6. The molecule has 1 atom stereocenters. The van der Waals surface area contributed by atoms with Gasteiger partial charge in [0, 0.05) is 17.5 Å². The molecule has 1 aromatic carbocycles. The van der Waals surface area contributed by atoms with Crippen LogP contribution in [0.4, 0.5) is 0 Å². The second-order valence-electron chi connectivity index (χ2n) is 4.28. The number of benzene rings is 1. The second-order valence-corrected chi connectivity index (χ2v) is 5.14. The molecular formula is C15H17BrO4. The van der Waals surface area contributed by atoms with Crippen LogP contribution in [-0.4, -0.2) is 19.3 Å². The number of rotatable bonds is 5. The summed E-state index contributed by atoms with van der Waals surface area (Å²) in [5.74, 6) is 2.00. The van der Waals surface area contributed by atoms with E-state index in [0.29, 0.717) is 17.1 Å². The van der Waals surface area contributed by atoms with Crippen molar-refractivity contribution in [3.05, 3.63) is 45.8 Å². The summed E-state index contributed by atoms with van der Waals surface area (Å²) >= 11 is 3.40. The number of methoxy groups -OCH3 is 2. The number of furan rings is 1. The average Bonchev–Trinajstić information content (AvgIpc) is 2.94. The maximum Gasteiger partial charge on any atom is 0.133 e. The Labute approximate surface area is 126 Å². The van der Waals surface area contributed by atoms with Crippen LogP contribution in [0.2, 0.25) is 0 Å². The Morgan fingerprint density at radius 2 is 1.90 bits per heavy atom. The predicted octanol–water partition coefficient (Wildman–Crippen LogP) is 3.70. The van der Waals surface area contributed by atoms with Crippen molar-refractivity contribution in [3.63, 3.8) is 0 Å². The maximum absolute atomic E-state index is 10.6. The minimum atomic E-state index is -0.819.